The summed E-state index contributed by atoms with van der Waals surface area (Å²) in [4.78, 5) is 49.1. The summed E-state index contributed by atoms with van der Waals surface area (Å²) in [5, 5.41) is 18.3. The molecule has 5 N–H and O–H groups in total. The number of amides is 4. The van der Waals surface area contributed by atoms with Crippen LogP contribution in [0.4, 0.5) is 16.2 Å². The highest BCUT2D eigenvalue weighted by molar-refractivity contribution is 8.00. The van der Waals surface area contributed by atoms with Crippen molar-refractivity contribution in [3.63, 3.8) is 0 Å². The number of hydrogen-bond acceptors (Lipinski definition) is 7. The van der Waals surface area contributed by atoms with Gasteiger partial charge in [0.25, 0.3) is 0 Å². The average Bonchev–Trinajstić information content (AvgIpc) is 3.64. The molecule has 2 aromatic heterocycles. The minimum absolute atomic E-state index is 0.0414. The van der Waals surface area contributed by atoms with E-state index in [2.05, 4.69) is 36.6 Å². The maximum atomic E-state index is 14.2. The van der Waals surface area contributed by atoms with E-state index < -0.39 is 5.41 Å². The van der Waals surface area contributed by atoms with E-state index in [1.54, 1.807) is 12.4 Å². The van der Waals surface area contributed by atoms with E-state index in [0.717, 1.165) is 42.3 Å². The molecule has 3 atom stereocenters. The zero-order valence-corrected chi connectivity index (χ0v) is 26.4. The van der Waals surface area contributed by atoms with E-state index >= 15 is 0 Å². The zero-order valence-electron chi connectivity index (χ0n) is 25.6. The highest BCUT2D eigenvalue weighted by Gasteiger charge is 2.48. The normalized spacial score (nSPS) is 22.3. The van der Waals surface area contributed by atoms with Gasteiger partial charge in [0, 0.05) is 40.2 Å². The van der Waals surface area contributed by atoms with Gasteiger partial charge in [-0.3, -0.25) is 19.6 Å². The molecule has 0 spiro atoms. The predicted molar refractivity (Wildman–Crippen MR) is 183 cm³/mol. The number of carbonyl (C=O) groups is 3. The van der Waals surface area contributed by atoms with Crippen LogP contribution in [0.3, 0.4) is 0 Å². The highest BCUT2D eigenvalue weighted by Crippen LogP contribution is 2.40. The van der Waals surface area contributed by atoms with Crippen molar-refractivity contribution in [1.82, 2.24) is 25.9 Å². The van der Waals surface area contributed by atoms with Crippen molar-refractivity contribution < 1.29 is 14.4 Å². The Balaban J connectivity index is 1.01. The lowest BCUT2D eigenvalue weighted by Gasteiger charge is -2.38. The van der Waals surface area contributed by atoms with Crippen LogP contribution in [-0.4, -0.2) is 63.5 Å². The van der Waals surface area contributed by atoms with Crippen LogP contribution in [0.1, 0.15) is 44.9 Å². The standard InChI is InChI=1S/C35H39N7O3S/c43-32(39-25-11-3-7-22-9-5-19-37-29(22)25)35(33(44)40-26-12-4-8-23-10-6-20-38-30(23)26)16-14-24(15-17-35)36-18-2-1-13-28-31-27(21-46-28)41-34(45)42-31/h3-12,19-20,24,27-28,31,36H,1-2,13-18,21H2,(H,39,43)(H,40,44)(H2,41,42,45)/t27-,28-,31-/m0/s1. The molecule has 3 fully saturated rings. The first-order chi connectivity index (χ1) is 22.5. The molecule has 3 aliphatic rings. The number of aromatic nitrogens is 2. The molecule has 1 saturated carbocycles. The Labute approximate surface area is 272 Å². The number of rotatable bonds is 10. The van der Waals surface area contributed by atoms with Crippen LogP contribution < -0.4 is 26.6 Å². The zero-order chi connectivity index (χ0) is 31.5. The van der Waals surface area contributed by atoms with Gasteiger partial charge in [-0.1, -0.05) is 42.8 Å². The molecule has 7 rings (SSSR count). The first-order valence-electron chi connectivity index (χ1n) is 16.2. The van der Waals surface area contributed by atoms with Crippen LogP contribution in [-0.2, 0) is 9.59 Å². The summed E-state index contributed by atoms with van der Waals surface area (Å²) in [6, 6.07) is 19.7. The molecule has 238 valence electrons. The topological polar surface area (TPSA) is 137 Å². The third kappa shape index (κ3) is 6.13. The molecule has 4 heterocycles. The second-order valence-electron chi connectivity index (χ2n) is 12.6. The van der Waals surface area contributed by atoms with Gasteiger partial charge in [0.1, 0.15) is 5.41 Å². The fourth-order valence-electron chi connectivity index (χ4n) is 7.19. The maximum absolute atomic E-state index is 14.2. The predicted octanol–water partition coefficient (Wildman–Crippen LogP) is 5.21. The lowest BCUT2D eigenvalue weighted by atomic mass is 9.70. The molecule has 4 amide bonds. The average molecular weight is 638 g/mol. The van der Waals surface area contributed by atoms with Gasteiger partial charge < -0.3 is 26.6 Å². The van der Waals surface area contributed by atoms with Crippen molar-refractivity contribution in [2.45, 2.75) is 68.3 Å². The van der Waals surface area contributed by atoms with Gasteiger partial charge in [-0.15, -0.1) is 0 Å². The number of nitrogens with zero attached hydrogens (tertiary/aromatic N) is 2. The van der Waals surface area contributed by atoms with Crippen molar-refractivity contribution >= 4 is 62.8 Å². The number of nitrogens with one attached hydrogen (secondary N) is 5. The van der Waals surface area contributed by atoms with Crippen LogP contribution in [0, 0.1) is 5.41 Å². The molecule has 2 saturated heterocycles. The second-order valence-corrected chi connectivity index (χ2v) is 13.9. The van der Waals surface area contributed by atoms with Gasteiger partial charge >= 0.3 is 6.03 Å². The first kappa shape index (κ1) is 30.4. The van der Waals surface area contributed by atoms with Gasteiger partial charge in [-0.25, -0.2) is 4.79 Å². The third-order valence-electron chi connectivity index (χ3n) is 9.76. The van der Waals surface area contributed by atoms with E-state index in [1.165, 1.54) is 0 Å². The number of pyridine rings is 2. The minimum Gasteiger partial charge on any atom is -0.332 e. The maximum Gasteiger partial charge on any atom is 0.315 e. The summed E-state index contributed by atoms with van der Waals surface area (Å²) >= 11 is 1.95. The molecule has 2 aliphatic heterocycles. The van der Waals surface area contributed by atoms with E-state index in [9.17, 15) is 14.4 Å². The van der Waals surface area contributed by atoms with E-state index in [-0.39, 0.29) is 36.0 Å². The van der Waals surface area contributed by atoms with Gasteiger partial charge in [0.15, 0.2) is 0 Å². The summed E-state index contributed by atoms with van der Waals surface area (Å²) in [7, 11) is 0. The summed E-state index contributed by atoms with van der Waals surface area (Å²) in [6.07, 6.45) is 8.89. The molecular weight excluding hydrogens is 598 g/mol. The second kappa shape index (κ2) is 13.3. The molecule has 1 aliphatic carbocycles. The summed E-state index contributed by atoms with van der Waals surface area (Å²) in [5.41, 5.74) is 1.34. The van der Waals surface area contributed by atoms with Crippen molar-refractivity contribution in [2.24, 2.45) is 5.41 Å². The van der Waals surface area contributed by atoms with Gasteiger partial charge in [0.2, 0.25) is 11.8 Å². The van der Waals surface area contributed by atoms with Crippen molar-refractivity contribution in [1.29, 1.82) is 0 Å². The summed E-state index contributed by atoms with van der Waals surface area (Å²) in [6.45, 7) is 0.884. The third-order valence-corrected chi connectivity index (χ3v) is 11.3. The lowest BCUT2D eigenvalue weighted by Crippen LogP contribution is -2.51. The van der Waals surface area contributed by atoms with E-state index in [0.29, 0.717) is 53.3 Å². The van der Waals surface area contributed by atoms with E-state index in [4.69, 9.17) is 0 Å². The molecule has 46 heavy (non-hydrogen) atoms. The fourth-order valence-corrected chi connectivity index (χ4v) is 8.73. The number of fused-ring (bicyclic) bond motifs is 3. The molecule has 0 bridgehead atoms. The fraction of sp³-hybridized carbons (Fsp3) is 0.400. The summed E-state index contributed by atoms with van der Waals surface area (Å²) in [5.74, 6) is 0.358. The number of benzene rings is 2. The highest BCUT2D eigenvalue weighted by atomic mass is 32.2. The number of hydrogen-bond donors (Lipinski definition) is 5. The van der Waals surface area contributed by atoms with Gasteiger partial charge in [-0.05, 0) is 69.3 Å². The number of urea groups is 1. The van der Waals surface area contributed by atoms with Crippen LogP contribution in [0.25, 0.3) is 21.8 Å². The molecule has 0 radical (unpaired) electrons. The van der Waals surface area contributed by atoms with Crippen molar-refractivity contribution in [3.05, 3.63) is 73.1 Å². The molecule has 0 unspecified atom stereocenters. The quantitative estimate of drug-likeness (QED) is 0.0914. The molecule has 2 aromatic carbocycles. The van der Waals surface area contributed by atoms with Crippen LogP contribution in [0.2, 0.25) is 0 Å². The lowest BCUT2D eigenvalue weighted by molar-refractivity contribution is -0.139. The number of thioether (sulfide) groups is 1. The number of anilines is 2. The van der Waals surface area contributed by atoms with Crippen LogP contribution >= 0.6 is 11.8 Å². The van der Waals surface area contributed by atoms with Crippen molar-refractivity contribution in [3.8, 4) is 0 Å². The SMILES string of the molecule is O=C1N[C@H]2[C@H](CS[C@H]2CCCCNC2CCC(C(=O)Nc3cccc4cccnc34)(C(=O)Nc3cccc4cccnc34)CC2)N1. The Bertz CT molecular complexity index is 1650. The van der Waals surface area contributed by atoms with Crippen molar-refractivity contribution in [2.75, 3.05) is 22.9 Å². The van der Waals surface area contributed by atoms with E-state index in [1.807, 2.05) is 72.4 Å². The Kier molecular flexibility index (Phi) is 8.77. The largest absolute Gasteiger partial charge is 0.332 e. The Morgan fingerprint density at radius 1 is 0.826 bits per heavy atom. The Morgan fingerprint density at radius 3 is 2.07 bits per heavy atom. The molecule has 11 heteroatoms. The molecular formula is C35H39N7O3S. The smallest absolute Gasteiger partial charge is 0.315 e. The van der Waals surface area contributed by atoms with Crippen LogP contribution in [0.5, 0.6) is 0 Å². The van der Waals surface area contributed by atoms with Gasteiger partial charge in [-0.2, -0.15) is 11.8 Å². The Morgan fingerprint density at radius 2 is 1.43 bits per heavy atom. The molecule has 10 nitrogen and oxygen atoms in total. The number of unbranched alkanes of at least 4 members (excludes halogenated alkanes) is 1. The monoisotopic (exact) mass is 637 g/mol. The van der Waals surface area contributed by atoms with Gasteiger partial charge in [0.05, 0.1) is 34.5 Å². The Hall–Kier alpha value is -4.22. The minimum atomic E-state index is -1.25. The molecule has 4 aromatic rings. The number of para-hydroxylation sites is 2. The number of carbonyl (C=O) groups excluding carboxylic acids is 3. The first-order valence-corrected chi connectivity index (χ1v) is 17.3. The summed E-state index contributed by atoms with van der Waals surface area (Å²) < 4.78 is 0. The van der Waals surface area contributed by atoms with Crippen LogP contribution in [0.15, 0.2) is 73.1 Å².